The van der Waals surface area contributed by atoms with E-state index in [1.54, 1.807) is 0 Å². The largest absolute Gasteiger partial charge is 0.301 e. The number of rotatable bonds is 4. The average molecular weight is 286 g/mol. The first-order chi connectivity index (χ1) is 10.1. The van der Waals surface area contributed by atoms with Crippen molar-refractivity contribution in [2.45, 2.75) is 39.2 Å². The van der Waals surface area contributed by atoms with Crippen molar-refractivity contribution in [3.63, 3.8) is 0 Å². The maximum Gasteiger partial charge on any atom is 0.163 e. The topological polar surface area (TPSA) is 61.9 Å². The van der Waals surface area contributed by atoms with Gasteiger partial charge in [0.1, 0.15) is 11.0 Å². The van der Waals surface area contributed by atoms with Crippen LogP contribution in [0.4, 0.5) is 0 Å². The number of aromatic nitrogens is 3. The lowest BCUT2D eigenvalue weighted by molar-refractivity contribution is 0.0890. The van der Waals surface area contributed by atoms with E-state index in [9.17, 15) is 4.79 Å². The van der Waals surface area contributed by atoms with Gasteiger partial charge in [-0.1, -0.05) is 0 Å². The highest BCUT2D eigenvalue weighted by Crippen LogP contribution is 2.23. The molecule has 112 valence electrons. The summed E-state index contributed by atoms with van der Waals surface area (Å²) in [6.07, 6.45) is 2.98. The van der Waals surface area contributed by atoms with Crippen molar-refractivity contribution in [2.75, 3.05) is 13.1 Å². The molecule has 5 nitrogen and oxygen atoms in total. The predicted octanol–water partition coefficient (Wildman–Crippen LogP) is 2.65. The van der Waals surface area contributed by atoms with Gasteiger partial charge in [-0.3, -0.25) is 4.79 Å². The van der Waals surface area contributed by atoms with Gasteiger partial charge in [0.2, 0.25) is 0 Å². The molecule has 0 saturated carbocycles. The molecule has 0 radical (unpaired) electrons. The number of nitrogens with one attached hydrogen (secondary N) is 1. The van der Waals surface area contributed by atoms with E-state index >= 15 is 0 Å². The number of likely N-dealkylation sites (tertiary alicyclic amines) is 1. The third-order valence-corrected chi connectivity index (χ3v) is 4.39. The highest BCUT2D eigenvalue weighted by Gasteiger charge is 2.24. The summed E-state index contributed by atoms with van der Waals surface area (Å²) in [5.74, 6) is 0.692. The van der Waals surface area contributed by atoms with Crippen LogP contribution in [0.2, 0.25) is 0 Å². The number of benzene rings is 1. The third-order valence-electron chi connectivity index (χ3n) is 4.39. The zero-order valence-electron chi connectivity index (χ0n) is 12.7. The van der Waals surface area contributed by atoms with Crippen LogP contribution in [0.25, 0.3) is 11.0 Å². The van der Waals surface area contributed by atoms with Crippen LogP contribution < -0.4 is 0 Å². The molecule has 1 aromatic heterocycles. The van der Waals surface area contributed by atoms with Gasteiger partial charge >= 0.3 is 0 Å². The lowest BCUT2D eigenvalue weighted by Gasteiger charge is -2.35. The zero-order chi connectivity index (χ0) is 14.8. The molecule has 2 heterocycles. The summed E-state index contributed by atoms with van der Waals surface area (Å²) < 4.78 is 0. The molecule has 1 aliphatic heterocycles. The number of hydrogen-bond donors (Lipinski definition) is 1. The average Bonchev–Trinajstić information content (AvgIpc) is 2.94. The van der Waals surface area contributed by atoms with E-state index in [0.29, 0.717) is 18.4 Å². The lowest BCUT2D eigenvalue weighted by Crippen LogP contribution is -2.40. The second-order valence-electron chi connectivity index (χ2n) is 6.25. The summed E-state index contributed by atoms with van der Waals surface area (Å²) in [6, 6.07) is 6.11. The maximum atomic E-state index is 12.5. The Bertz CT molecular complexity index is 634. The summed E-state index contributed by atoms with van der Waals surface area (Å²) >= 11 is 0. The minimum absolute atomic E-state index is 0.218. The molecule has 0 amide bonds. The van der Waals surface area contributed by atoms with Crippen LogP contribution in [-0.2, 0) is 0 Å². The molecular weight excluding hydrogens is 264 g/mol. The first kappa shape index (κ1) is 14.2. The van der Waals surface area contributed by atoms with Crippen molar-refractivity contribution < 1.29 is 4.79 Å². The first-order valence-electron chi connectivity index (χ1n) is 7.71. The van der Waals surface area contributed by atoms with Gasteiger partial charge in [-0.2, -0.15) is 15.4 Å². The van der Waals surface area contributed by atoms with E-state index in [-0.39, 0.29) is 5.78 Å². The van der Waals surface area contributed by atoms with E-state index in [0.717, 1.165) is 36.1 Å². The van der Waals surface area contributed by atoms with Crippen LogP contribution in [0.15, 0.2) is 18.2 Å². The van der Waals surface area contributed by atoms with E-state index in [4.69, 9.17) is 0 Å². The molecule has 2 aromatic rings. The summed E-state index contributed by atoms with van der Waals surface area (Å²) in [5, 5.41) is 10.6. The third kappa shape index (κ3) is 3.13. The van der Waals surface area contributed by atoms with Crippen molar-refractivity contribution in [2.24, 2.45) is 5.92 Å². The van der Waals surface area contributed by atoms with E-state index < -0.39 is 0 Å². The first-order valence-corrected chi connectivity index (χ1v) is 7.71. The minimum Gasteiger partial charge on any atom is -0.301 e. The van der Waals surface area contributed by atoms with Crippen molar-refractivity contribution in [3.05, 3.63) is 23.8 Å². The fourth-order valence-corrected chi connectivity index (χ4v) is 3.13. The Balaban J connectivity index is 1.67. The summed E-state index contributed by atoms with van der Waals surface area (Å²) in [7, 11) is 0. The summed E-state index contributed by atoms with van der Waals surface area (Å²) in [6.45, 7) is 6.65. The Labute approximate surface area is 124 Å². The number of hydrogen-bond acceptors (Lipinski definition) is 4. The van der Waals surface area contributed by atoms with Gasteiger partial charge < -0.3 is 4.90 Å². The van der Waals surface area contributed by atoms with Gasteiger partial charge in [-0.05, 0) is 57.4 Å². The number of aromatic amines is 1. The van der Waals surface area contributed by atoms with Crippen molar-refractivity contribution in [1.82, 2.24) is 20.3 Å². The highest BCUT2D eigenvalue weighted by atomic mass is 16.1. The Kier molecular flexibility index (Phi) is 4.01. The van der Waals surface area contributed by atoms with Crippen molar-refractivity contribution in [3.8, 4) is 0 Å². The molecule has 1 aromatic carbocycles. The van der Waals surface area contributed by atoms with Gasteiger partial charge in [0, 0.05) is 24.6 Å². The molecule has 3 rings (SSSR count). The van der Waals surface area contributed by atoms with E-state index in [1.807, 2.05) is 18.2 Å². The fraction of sp³-hybridized carbons (Fsp3) is 0.562. The molecule has 1 aliphatic rings. The maximum absolute atomic E-state index is 12.5. The summed E-state index contributed by atoms with van der Waals surface area (Å²) in [5.41, 5.74) is 2.31. The molecule has 1 N–H and O–H groups in total. The number of ketones is 1. The minimum atomic E-state index is 0.218. The van der Waals surface area contributed by atoms with Crippen LogP contribution in [0.1, 0.15) is 43.5 Å². The molecule has 0 aliphatic carbocycles. The van der Waals surface area contributed by atoms with Gasteiger partial charge in [0.25, 0.3) is 0 Å². The summed E-state index contributed by atoms with van der Waals surface area (Å²) in [4.78, 5) is 15.0. The van der Waals surface area contributed by atoms with Gasteiger partial charge in [0.15, 0.2) is 5.78 Å². The Hall–Kier alpha value is -1.75. The normalized spacial score (nSPS) is 20.2. The van der Waals surface area contributed by atoms with Crippen molar-refractivity contribution >= 4 is 16.8 Å². The molecule has 21 heavy (non-hydrogen) atoms. The van der Waals surface area contributed by atoms with Crippen molar-refractivity contribution in [1.29, 1.82) is 0 Å². The number of fused-ring (bicyclic) bond motifs is 1. The van der Waals surface area contributed by atoms with Crippen LogP contribution >= 0.6 is 0 Å². The molecular formula is C16H22N4O. The molecule has 1 fully saturated rings. The lowest BCUT2D eigenvalue weighted by atomic mass is 9.90. The van der Waals surface area contributed by atoms with E-state index in [1.165, 1.54) is 6.42 Å². The Morgan fingerprint density at radius 2 is 2.19 bits per heavy atom. The number of piperidine rings is 1. The van der Waals surface area contributed by atoms with E-state index in [2.05, 4.69) is 34.2 Å². The fourth-order valence-electron chi connectivity index (χ4n) is 3.13. The molecule has 0 bridgehead atoms. The monoisotopic (exact) mass is 286 g/mol. The Morgan fingerprint density at radius 1 is 1.38 bits per heavy atom. The number of carbonyl (C=O) groups is 1. The molecule has 0 spiro atoms. The molecule has 5 heteroatoms. The predicted molar refractivity (Wildman–Crippen MR) is 82.3 cm³/mol. The quantitative estimate of drug-likeness (QED) is 0.878. The van der Waals surface area contributed by atoms with Crippen LogP contribution in [-0.4, -0.2) is 45.2 Å². The number of Topliss-reactive ketones (excluding diaryl/α,β-unsaturated/α-hetero) is 1. The smallest absolute Gasteiger partial charge is 0.163 e. The van der Waals surface area contributed by atoms with Crippen LogP contribution in [0.5, 0.6) is 0 Å². The van der Waals surface area contributed by atoms with Crippen LogP contribution in [0.3, 0.4) is 0 Å². The van der Waals surface area contributed by atoms with Gasteiger partial charge in [0.05, 0.1) is 0 Å². The zero-order valence-corrected chi connectivity index (χ0v) is 12.7. The Morgan fingerprint density at radius 3 is 3.00 bits per heavy atom. The SMILES string of the molecule is CC(C)N1CCC[C@@H](CC(=O)c2ccc3n[nH]nc3c2)C1. The number of carbonyl (C=O) groups excluding carboxylic acids is 1. The number of nitrogens with zero attached hydrogens (tertiary/aromatic N) is 3. The second-order valence-corrected chi connectivity index (χ2v) is 6.25. The molecule has 1 atom stereocenters. The van der Waals surface area contributed by atoms with Gasteiger partial charge in [-0.15, -0.1) is 0 Å². The molecule has 1 saturated heterocycles. The van der Waals surface area contributed by atoms with Gasteiger partial charge in [-0.25, -0.2) is 0 Å². The molecule has 0 unspecified atom stereocenters. The second kappa shape index (κ2) is 5.93. The van der Waals surface area contributed by atoms with Crippen LogP contribution in [0, 0.1) is 5.92 Å². The number of H-pyrrole nitrogens is 1. The highest BCUT2D eigenvalue weighted by molar-refractivity contribution is 5.98. The standard InChI is InChI=1S/C16H22N4O/c1-11(2)20-7-3-4-12(10-20)8-16(21)13-5-6-14-15(9-13)18-19-17-14/h5-6,9,11-12H,3-4,7-8,10H2,1-2H3,(H,17,18,19)/t12-/m0/s1.